The second-order valence-electron chi connectivity index (χ2n) is 4.63. The first-order chi connectivity index (χ1) is 9.09. The van der Waals surface area contributed by atoms with Crippen molar-refractivity contribution in [1.82, 2.24) is 0 Å². The fourth-order valence-electron chi connectivity index (χ4n) is 2.61. The summed E-state index contributed by atoms with van der Waals surface area (Å²) in [5, 5.41) is 0. The Balaban J connectivity index is 2.08. The van der Waals surface area contributed by atoms with Crippen LogP contribution in [0.3, 0.4) is 0 Å². The lowest BCUT2D eigenvalue weighted by Gasteiger charge is -2.31. The molecule has 2 aliphatic heterocycles. The summed E-state index contributed by atoms with van der Waals surface area (Å²) >= 11 is 3.15. The number of hydrogen-bond donors (Lipinski definition) is 0. The second-order valence-corrected chi connectivity index (χ2v) is 5.48. The predicted molar refractivity (Wildman–Crippen MR) is 69.8 cm³/mol. The van der Waals surface area contributed by atoms with Crippen molar-refractivity contribution < 1.29 is 18.7 Å². The molecule has 0 spiro atoms. The summed E-state index contributed by atoms with van der Waals surface area (Å²) in [6, 6.07) is 2.36. The molecule has 4 nitrogen and oxygen atoms in total. The van der Waals surface area contributed by atoms with Crippen molar-refractivity contribution in [3.8, 4) is 0 Å². The monoisotopic (exact) mass is 327 g/mol. The summed E-state index contributed by atoms with van der Waals surface area (Å²) in [4.78, 5) is 25.5. The van der Waals surface area contributed by atoms with Crippen LogP contribution in [0.25, 0.3) is 0 Å². The van der Waals surface area contributed by atoms with Crippen LogP contribution in [0.4, 0.5) is 10.1 Å². The van der Waals surface area contributed by atoms with Crippen LogP contribution >= 0.6 is 15.9 Å². The Labute approximate surface area is 117 Å². The summed E-state index contributed by atoms with van der Waals surface area (Å²) in [5.41, 5.74) is 0.631. The van der Waals surface area contributed by atoms with Crippen molar-refractivity contribution >= 4 is 33.3 Å². The van der Waals surface area contributed by atoms with Gasteiger partial charge in [-0.1, -0.05) is 0 Å². The molecule has 3 rings (SSSR count). The van der Waals surface area contributed by atoms with Crippen molar-refractivity contribution in [3.63, 3.8) is 0 Å². The molecule has 0 atom stereocenters. The van der Waals surface area contributed by atoms with Crippen LogP contribution in [0, 0.1) is 5.82 Å². The van der Waals surface area contributed by atoms with Crippen LogP contribution in [-0.2, 0) is 9.53 Å². The van der Waals surface area contributed by atoms with Gasteiger partial charge < -0.3 is 9.64 Å². The zero-order valence-corrected chi connectivity index (χ0v) is 11.6. The van der Waals surface area contributed by atoms with Crippen molar-refractivity contribution in [1.29, 1.82) is 0 Å². The molecular formula is C13H11BrFNO3. The number of ether oxygens (including phenoxy) is 1. The van der Waals surface area contributed by atoms with Crippen molar-refractivity contribution in [2.45, 2.75) is 18.9 Å². The number of halogens is 2. The number of ketones is 1. The summed E-state index contributed by atoms with van der Waals surface area (Å²) in [6.45, 7) is 1.10. The average molecular weight is 328 g/mol. The van der Waals surface area contributed by atoms with E-state index >= 15 is 0 Å². The van der Waals surface area contributed by atoms with Crippen molar-refractivity contribution in [2.24, 2.45) is 0 Å². The molecule has 0 bridgehead atoms. The van der Waals surface area contributed by atoms with E-state index in [1.165, 1.54) is 17.0 Å². The van der Waals surface area contributed by atoms with Gasteiger partial charge in [0.1, 0.15) is 5.82 Å². The molecule has 6 heteroatoms. The van der Waals surface area contributed by atoms with E-state index in [1.807, 2.05) is 0 Å². The van der Waals surface area contributed by atoms with Crippen LogP contribution < -0.4 is 4.90 Å². The molecule has 0 aromatic heterocycles. The highest BCUT2D eigenvalue weighted by atomic mass is 79.9. The molecule has 0 unspecified atom stereocenters. The van der Waals surface area contributed by atoms with Gasteiger partial charge in [-0.25, -0.2) is 4.39 Å². The molecule has 2 heterocycles. The zero-order valence-electron chi connectivity index (χ0n) is 9.99. The van der Waals surface area contributed by atoms with E-state index in [2.05, 4.69) is 15.9 Å². The maximum Gasteiger partial charge on any atom is 0.299 e. The Hall–Kier alpha value is -1.27. The first kappa shape index (κ1) is 12.7. The van der Waals surface area contributed by atoms with E-state index in [0.717, 1.165) is 0 Å². The van der Waals surface area contributed by atoms with E-state index in [4.69, 9.17) is 4.74 Å². The maximum absolute atomic E-state index is 13.5. The van der Waals surface area contributed by atoms with E-state index in [-0.39, 0.29) is 11.6 Å². The fourth-order valence-corrected chi connectivity index (χ4v) is 3.21. The number of carbonyl (C=O) groups is 2. The Morgan fingerprint density at radius 1 is 1.26 bits per heavy atom. The van der Waals surface area contributed by atoms with Gasteiger partial charge in [-0.3, -0.25) is 9.59 Å². The molecule has 1 amide bonds. The van der Waals surface area contributed by atoms with Crippen LogP contribution in [0.15, 0.2) is 16.6 Å². The quantitative estimate of drug-likeness (QED) is 0.743. The van der Waals surface area contributed by atoms with E-state index in [9.17, 15) is 14.0 Å². The highest BCUT2D eigenvalue weighted by Crippen LogP contribution is 2.38. The normalized spacial score (nSPS) is 20.0. The number of fused-ring (bicyclic) bond motifs is 1. The van der Waals surface area contributed by atoms with Gasteiger partial charge in [0.2, 0.25) is 0 Å². The number of rotatable bonds is 1. The van der Waals surface area contributed by atoms with Gasteiger partial charge in [0, 0.05) is 23.7 Å². The number of carbonyl (C=O) groups excluding carboxylic acids is 2. The average Bonchev–Trinajstić information content (AvgIpc) is 2.63. The fraction of sp³-hybridized carbons (Fsp3) is 0.385. The molecule has 19 heavy (non-hydrogen) atoms. The molecule has 0 aliphatic carbocycles. The standard InChI is InChI=1S/C13H11BrFNO3/c14-9-5-7(15)6-10-11(9)12(17)13(18)16(10)8-1-3-19-4-2-8/h5-6,8H,1-4H2. The molecule has 1 saturated heterocycles. The number of benzene rings is 1. The molecule has 1 aromatic rings. The van der Waals surface area contributed by atoms with Gasteiger partial charge in [0.05, 0.1) is 11.3 Å². The van der Waals surface area contributed by atoms with Crippen molar-refractivity contribution in [2.75, 3.05) is 18.1 Å². The molecule has 100 valence electrons. The number of Topliss-reactive ketones (excluding diaryl/α,β-unsaturated/α-hetero) is 1. The van der Waals surface area contributed by atoms with Crippen LogP contribution in [0.1, 0.15) is 23.2 Å². The Bertz CT molecular complexity index is 569. The number of anilines is 1. The minimum absolute atomic E-state index is 0.0971. The Morgan fingerprint density at radius 3 is 2.63 bits per heavy atom. The van der Waals surface area contributed by atoms with Crippen LogP contribution in [-0.4, -0.2) is 30.9 Å². The van der Waals surface area contributed by atoms with E-state index in [0.29, 0.717) is 36.2 Å². The Kier molecular flexibility index (Phi) is 3.14. The van der Waals surface area contributed by atoms with Crippen LogP contribution in [0.2, 0.25) is 0 Å². The highest BCUT2D eigenvalue weighted by molar-refractivity contribution is 9.10. The van der Waals surface area contributed by atoms with Gasteiger partial charge in [0.15, 0.2) is 0 Å². The third kappa shape index (κ3) is 1.99. The van der Waals surface area contributed by atoms with E-state index < -0.39 is 17.5 Å². The number of nitrogens with zero attached hydrogens (tertiary/aromatic N) is 1. The van der Waals surface area contributed by atoms with Gasteiger partial charge in [0.25, 0.3) is 11.7 Å². The van der Waals surface area contributed by atoms with Gasteiger partial charge in [-0.2, -0.15) is 0 Å². The summed E-state index contributed by atoms with van der Waals surface area (Å²) in [6.07, 6.45) is 1.32. The lowest BCUT2D eigenvalue weighted by molar-refractivity contribution is -0.115. The molecule has 0 saturated carbocycles. The largest absolute Gasteiger partial charge is 0.381 e. The second kappa shape index (κ2) is 4.68. The topological polar surface area (TPSA) is 46.6 Å². The van der Waals surface area contributed by atoms with Gasteiger partial charge in [-0.05, 0) is 40.9 Å². The van der Waals surface area contributed by atoms with Crippen LogP contribution in [0.5, 0.6) is 0 Å². The van der Waals surface area contributed by atoms with Gasteiger partial charge >= 0.3 is 0 Å². The molecule has 0 N–H and O–H groups in total. The third-order valence-corrected chi connectivity index (χ3v) is 4.12. The Morgan fingerprint density at radius 2 is 1.95 bits per heavy atom. The minimum atomic E-state index is -0.576. The zero-order chi connectivity index (χ0) is 13.6. The lowest BCUT2D eigenvalue weighted by atomic mass is 10.1. The first-order valence-electron chi connectivity index (χ1n) is 6.04. The summed E-state index contributed by atoms with van der Waals surface area (Å²) in [7, 11) is 0. The molecule has 1 aromatic carbocycles. The molecule has 0 radical (unpaired) electrons. The molecule has 2 aliphatic rings. The van der Waals surface area contributed by atoms with Crippen molar-refractivity contribution in [3.05, 3.63) is 28.0 Å². The number of amides is 1. The predicted octanol–water partition coefficient (Wildman–Crippen LogP) is 2.30. The third-order valence-electron chi connectivity index (χ3n) is 3.49. The minimum Gasteiger partial charge on any atom is -0.381 e. The van der Waals surface area contributed by atoms with Gasteiger partial charge in [-0.15, -0.1) is 0 Å². The van der Waals surface area contributed by atoms with E-state index in [1.54, 1.807) is 0 Å². The summed E-state index contributed by atoms with van der Waals surface area (Å²) < 4.78 is 19.1. The maximum atomic E-state index is 13.5. The lowest BCUT2D eigenvalue weighted by Crippen LogP contribution is -2.42. The SMILES string of the molecule is O=C1C(=O)N(C2CCOCC2)c2cc(F)cc(Br)c21. The molecule has 1 fully saturated rings. The highest BCUT2D eigenvalue weighted by Gasteiger charge is 2.41. The summed E-state index contributed by atoms with van der Waals surface area (Å²) in [5.74, 6) is -1.62. The first-order valence-corrected chi connectivity index (χ1v) is 6.83. The smallest absolute Gasteiger partial charge is 0.299 e. The molecular weight excluding hydrogens is 317 g/mol. The number of hydrogen-bond acceptors (Lipinski definition) is 3.